The number of hydrogen-bond donors (Lipinski definition) is 2. The second-order valence-electron chi connectivity index (χ2n) is 4.76. The first-order valence-electron chi connectivity index (χ1n) is 6.24. The van der Waals surface area contributed by atoms with Crippen LogP contribution in [-0.2, 0) is 11.3 Å². The largest absolute Gasteiger partial charge is 0.394 e. The fourth-order valence-corrected chi connectivity index (χ4v) is 2.28. The Bertz CT molecular complexity index is 390. The van der Waals surface area contributed by atoms with E-state index in [0.29, 0.717) is 0 Å². The first kappa shape index (κ1) is 12.2. The molecule has 0 atom stereocenters. The van der Waals surface area contributed by atoms with Gasteiger partial charge in [0.1, 0.15) is 5.82 Å². The minimum absolute atomic E-state index is 0.00316. The summed E-state index contributed by atoms with van der Waals surface area (Å²) in [7, 11) is 1.78. The molecule has 1 aliphatic carbocycles. The van der Waals surface area contributed by atoms with Crippen molar-refractivity contribution in [3.8, 4) is 0 Å². The number of nitrogens with one attached hydrogen (secondary N) is 1. The van der Waals surface area contributed by atoms with Crippen molar-refractivity contribution in [1.82, 2.24) is 9.78 Å². The highest BCUT2D eigenvalue weighted by Crippen LogP contribution is 2.35. The van der Waals surface area contributed by atoms with Crippen LogP contribution in [0.25, 0.3) is 0 Å². The number of aryl methyl sites for hydroxylation is 2. The minimum Gasteiger partial charge on any atom is -0.394 e. The average Bonchev–Trinajstić information content (AvgIpc) is 2.55. The number of ether oxygens (including phenoxy) is 1. The smallest absolute Gasteiger partial charge is 0.148 e. The van der Waals surface area contributed by atoms with Gasteiger partial charge in [-0.15, -0.1) is 0 Å². The summed E-state index contributed by atoms with van der Waals surface area (Å²) in [6, 6.07) is 0. The van der Waals surface area contributed by atoms with Crippen molar-refractivity contribution < 1.29 is 4.74 Å². The van der Waals surface area contributed by atoms with Crippen molar-refractivity contribution in [2.24, 2.45) is 0 Å². The number of aromatic nitrogens is 2. The molecule has 96 valence electrons. The molecule has 3 N–H and O–H groups in total. The Labute approximate surface area is 102 Å². The summed E-state index contributed by atoms with van der Waals surface area (Å²) in [5.41, 5.74) is 7.66. The molecule has 0 amide bonds. The number of methoxy groups -OCH3 is 1. The molecule has 2 rings (SSSR count). The number of nitrogens with zero attached hydrogens (tertiary/aromatic N) is 2. The van der Waals surface area contributed by atoms with E-state index in [-0.39, 0.29) is 5.60 Å². The minimum atomic E-state index is 0.00316. The van der Waals surface area contributed by atoms with E-state index in [1.165, 1.54) is 6.42 Å². The van der Waals surface area contributed by atoms with Crippen molar-refractivity contribution in [3.05, 3.63) is 5.69 Å². The van der Waals surface area contributed by atoms with Gasteiger partial charge >= 0.3 is 0 Å². The zero-order valence-corrected chi connectivity index (χ0v) is 10.9. The Kier molecular flexibility index (Phi) is 3.28. The number of nitrogens with two attached hydrogens (primary N) is 1. The summed E-state index contributed by atoms with van der Waals surface area (Å²) in [5, 5.41) is 7.78. The lowest BCUT2D eigenvalue weighted by Gasteiger charge is -2.40. The Balaban J connectivity index is 2.08. The van der Waals surface area contributed by atoms with Gasteiger partial charge in [0.05, 0.1) is 17.0 Å². The van der Waals surface area contributed by atoms with Crippen LogP contribution in [0.5, 0.6) is 0 Å². The molecule has 0 aromatic carbocycles. The maximum Gasteiger partial charge on any atom is 0.148 e. The van der Waals surface area contributed by atoms with Crippen LogP contribution in [0.2, 0.25) is 0 Å². The van der Waals surface area contributed by atoms with E-state index >= 15 is 0 Å². The molecule has 0 aliphatic heterocycles. The number of hydrogen-bond acceptors (Lipinski definition) is 4. The van der Waals surface area contributed by atoms with E-state index in [0.717, 1.165) is 43.1 Å². The van der Waals surface area contributed by atoms with Crippen LogP contribution in [0.3, 0.4) is 0 Å². The monoisotopic (exact) mass is 238 g/mol. The van der Waals surface area contributed by atoms with Crippen molar-refractivity contribution in [3.63, 3.8) is 0 Å². The lowest BCUT2D eigenvalue weighted by atomic mass is 9.80. The first-order chi connectivity index (χ1) is 8.12. The lowest BCUT2D eigenvalue weighted by Crippen LogP contribution is -2.45. The van der Waals surface area contributed by atoms with E-state index in [1.807, 2.05) is 11.6 Å². The quantitative estimate of drug-likeness (QED) is 0.820. The molecule has 1 saturated carbocycles. The van der Waals surface area contributed by atoms with Crippen LogP contribution in [-0.4, -0.2) is 29.0 Å². The Morgan fingerprint density at radius 2 is 2.24 bits per heavy atom. The third kappa shape index (κ3) is 2.11. The van der Waals surface area contributed by atoms with Gasteiger partial charge in [0.25, 0.3) is 0 Å². The van der Waals surface area contributed by atoms with E-state index in [2.05, 4.69) is 17.3 Å². The van der Waals surface area contributed by atoms with Crippen molar-refractivity contribution in [2.45, 2.75) is 45.3 Å². The number of anilines is 2. The lowest BCUT2D eigenvalue weighted by molar-refractivity contribution is -0.0602. The van der Waals surface area contributed by atoms with Gasteiger partial charge in [-0.3, -0.25) is 0 Å². The first-order valence-corrected chi connectivity index (χ1v) is 6.24. The summed E-state index contributed by atoms with van der Waals surface area (Å²) in [5.74, 6) is 0.924. The van der Waals surface area contributed by atoms with Crippen LogP contribution in [0, 0.1) is 6.92 Å². The second kappa shape index (κ2) is 4.56. The summed E-state index contributed by atoms with van der Waals surface area (Å²) in [6.45, 7) is 5.62. The average molecular weight is 238 g/mol. The van der Waals surface area contributed by atoms with E-state index < -0.39 is 0 Å². The highest BCUT2D eigenvalue weighted by molar-refractivity contribution is 5.64. The van der Waals surface area contributed by atoms with E-state index in [9.17, 15) is 0 Å². The number of nitrogen functional groups attached to an aromatic ring is 1. The SMILES string of the molecule is CCn1nc(C)c(N)c1NCC1(OC)CCC1. The predicted octanol–water partition coefficient (Wildman–Crippen LogP) is 1.77. The third-order valence-electron chi connectivity index (χ3n) is 3.75. The maximum atomic E-state index is 6.02. The molecule has 0 unspecified atom stereocenters. The Morgan fingerprint density at radius 1 is 1.53 bits per heavy atom. The summed E-state index contributed by atoms with van der Waals surface area (Å²) in [4.78, 5) is 0. The molecule has 1 heterocycles. The highest BCUT2D eigenvalue weighted by Gasteiger charge is 2.37. The Hall–Kier alpha value is -1.23. The van der Waals surface area contributed by atoms with Crippen molar-refractivity contribution in [1.29, 1.82) is 0 Å². The van der Waals surface area contributed by atoms with Crippen LogP contribution < -0.4 is 11.1 Å². The van der Waals surface area contributed by atoms with E-state index in [1.54, 1.807) is 7.11 Å². The fourth-order valence-electron chi connectivity index (χ4n) is 2.28. The van der Waals surface area contributed by atoms with Crippen LogP contribution in [0.1, 0.15) is 31.9 Å². The summed E-state index contributed by atoms with van der Waals surface area (Å²) in [6.07, 6.45) is 3.49. The molecule has 17 heavy (non-hydrogen) atoms. The number of rotatable bonds is 5. The zero-order chi connectivity index (χ0) is 12.5. The molecular formula is C12H22N4O. The van der Waals surface area contributed by atoms with Crippen molar-refractivity contribution in [2.75, 3.05) is 24.7 Å². The molecule has 0 bridgehead atoms. The molecule has 1 fully saturated rings. The highest BCUT2D eigenvalue weighted by atomic mass is 16.5. The summed E-state index contributed by atoms with van der Waals surface area (Å²) >= 11 is 0. The van der Waals surface area contributed by atoms with Gasteiger partial charge in [0.2, 0.25) is 0 Å². The van der Waals surface area contributed by atoms with E-state index in [4.69, 9.17) is 10.5 Å². The fraction of sp³-hybridized carbons (Fsp3) is 0.750. The molecule has 5 heteroatoms. The normalized spacial score (nSPS) is 17.8. The van der Waals surface area contributed by atoms with Gasteiger partial charge in [-0.05, 0) is 33.1 Å². The zero-order valence-electron chi connectivity index (χ0n) is 10.9. The van der Waals surface area contributed by atoms with Gasteiger partial charge in [-0.2, -0.15) is 5.10 Å². The maximum absolute atomic E-state index is 6.02. The molecule has 0 saturated heterocycles. The van der Waals surface area contributed by atoms with Crippen LogP contribution >= 0.6 is 0 Å². The van der Waals surface area contributed by atoms with Gasteiger partial charge in [0, 0.05) is 20.2 Å². The second-order valence-corrected chi connectivity index (χ2v) is 4.76. The van der Waals surface area contributed by atoms with Gasteiger partial charge in [-0.25, -0.2) is 4.68 Å². The van der Waals surface area contributed by atoms with Crippen LogP contribution in [0.4, 0.5) is 11.5 Å². The standard InChI is InChI=1S/C12H22N4O/c1-4-16-11(10(13)9(2)15-16)14-8-12(17-3)6-5-7-12/h14H,4-8,13H2,1-3H3. The molecule has 5 nitrogen and oxygen atoms in total. The summed E-state index contributed by atoms with van der Waals surface area (Å²) < 4.78 is 7.49. The molecule has 1 aliphatic rings. The van der Waals surface area contributed by atoms with Gasteiger partial charge in [0.15, 0.2) is 0 Å². The molecular weight excluding hydrogens is 216 g/mol. The molecule has 0 spiro atoms. The molecule has 1 aromatic heterocycles. The third-order valence-corrected chi connectivity index (χ3v) is 3.75. The molecule has 1 aromatic rings. The van der Waals surface area contributed by atoms with Gasteiger partial charge in [-0.1, -0.05) is 0 Å². The predicted molar refractivity (Wildman–Crippen MR) is 69.1 cm³/mol. The molecule has 0 radical (unpaired) electrons. The topological polar surface area (TPSA) is 65.1 Å². The Morgan fingerprint density at radius 3 is 2.71 bits per heavy atom. The van der Waals surface area contributed by atoms with Gasteiger partial charge < -0.3 is 15.8 Å². The van der Waals surface area contributed by atoms with Crippen molar-refractivity contribution >= 4 is 11.5 Å². The van der Waals surface area contributed by atoms with Crippen LogP contribution in [0.15, 0.2) is 0 Å².